The first kappa shape index (κ1) is 33.2. The maximum atomic E-state index is 10.9. The van der Waals surface area contributed by atoms with E-state index in [-0.39, 0.29) is 0 Å². The summed E-state index contributed by atoms with van der Waals surface area (Å²) in [5, 5.41) is 10.9. The Morgan fingerprint density at radius 1 is 0.472 bits per heavy atom. The molecule has 1 spiro atoms. The molecule has 1 atom stereocenters. The van der Waals surface area contributed by atoms with Crippen molar-refractivity contribution < 1.29 is 9.76 Å². The van der Waals surface area contributed by atoms with Crippen LogP contribution in [-0.4, -0.2) is 23.8 Å². The van der Waals surface area contributed by atoms with Crippen LogP contribution >= 0.6 is 0 Å². The molecule has 1 unspecified atom stereocenters. The van der Waals surface area contributed by atoms with Crippen LogP contribution in [0.4, 0.5) is 17.1 Å². The average Bonchev–Trinajstić information content (AvgIpc) is 3.64. The number of anilines is 3. The molecule has 9 rings (SSSR count). The molecule has 3 nitrogen and oxygen atoms in total. The number of benzene rings is 7. The molecule has 2 aliphatic carbocycles. The Kier molecular flexibility index (Phi) is 7.81. The van der Waals surface area contributed by atoms with E-state index in [0.29, 0.717) is 7.48 Å². The molecule has 0 saturated heterocycles. The van der Waals surface area contributed by atoms with Gasteiger partial charge in [0.1, 0.15) is 0 Å². The largest absolute Gasteiger partial charge is 0.427 e. The van der Waals surface area contributed by atoms with Crippen LogP contribution in [0.2, 0.25) is 0 Å². The number of fused-ring (bicyclic) bond motifs is 10. The summed E-state index contributed by atoms with van der Waals surface area (Å²) in [6, 6.07) is 61.8. The van der Waals surface area contributed by atoms with Gasteiger partial charge in [0.15, 0.2) is 0 Å². The van der Waals surface area contributed by atoms with Crippen molar-refractivity contribution in [3.8, 4) is 33.4 Å². The monoisotopic (exact) mass is 687 g/mol. The van der Waals surface area contributed by atoms with E-state index < -0.39 is 16.6 Å². The molecule has 0 aliphatic heterocycles. The number of rotatable bonds is 8. The first-order valence-electron chi connectivity index (χ1n) is 18.5. The highest BCUT2D eigenvalue weighted by molar-refractivity contribution is 6.47. The van der Waals surface area contributed by atoms with Gasteiger partial charge < -0.3 is 14.7 Å². The van der Waals surface area contributed by atoms with E-state index in [9.17, 15) is 5.11 Å². The molecular weight excluding hydrogens is 645 g/mol. The highest BCUT2D eigenvalue weighted by Gasteiger charge is 2.52. The third-order valence-corrected chi connectivity index (χ3v) is 11.7. The Hall–Kier alpha value is -5.68. The molecule has 4 heteroatoms. The zero-order chi connectivity index (χ0) is 36.4. The molecule has 0 heterocycles. The van der Waals surface area contributed by atoms with Gasteiger partial charge in [0.2, 0.25) is 0 Å². The lowest BCUT2D eigenvalue weighted by atomic mass is 9.69. The van der Waals surface area contributed by atoms with Gasteiger partial charge >= 0.3 is 7.48 Å². The van der Waals surface area contributed by atoms with Crippen LogP contribution < -0.4 is 10.4 Å². The van der Waals surface area contributed by atoms with Gasteiger partial charge in [-0.1, -0.05) is 139 Å². The highest BCUT2D eigenvalue weighted by atomic mass is 16.5. The van der Waals surface area contributed by atoms with Gasteiger partial charge in [-0.15, -0.1) is 0 Å². The molecule has 0 amide bonds. The molecule has 7 aromatic carbocycles. The number of nitrogens with zero attached hydrogens (tertiary/aromatic N) is 1. The van der Waals surface area contributed by atoms with Crippen molar-refractivity contribution >= 4 is 30.0 Å². The summed E-state index contributed by atoms with van der Waals surface area (Å²) in [7, 11) is 0.395. The summed E-state index contributed by atoms with van der Waals surface area (Å²) in [5.41, 5.74) is 14.7. The molecule has 2 aliphatic rings. The van der Waals surface area contributed by atoms with Crippen molar-refractivity contribution in [2.75, 3.05) is 4.90 Å². The molecular formula is C49H42BNO2. The predicted molar refractivity (Wildman–Crippen MR) is 221 cm³/mol. The molecule has 1 N–H and O–H groups in total. The lowest BCUT2D eigenvalue weighted by molar-refractivity contribution is -0.0893. The second-order valence-corrected chi connectivity index (χ2v) is 15.4. The number of para-hydroxylation sites is 1. The van der Waals surface area contributed by atoms with Crippen molar-refractivity contribution in [2.24, 2.45) is 0 Å². The fourth-order valence-electron chi connectivity index (χ4n) is 8.30. The minimum absolute atomic E-state index is 0.395. The maximum absolute atomic E-state index is 10.9. The standard InChI is InChI=1S/C49H42BNO2/c1-47(2,52)48(3,4)53-50-35-25-29-41-39-19-11-13-21-43(39)49(45(41)31-35)44-22-14-12-20-40(44)42-30-28-38(32-46(42)49)51(36-17-9-6-10-18-36)37-26-23-34(24-27-37)33-15-7-5-8-16-33/h5-32,50,52H,1-4H3. The molecule has 0 bridgehead atoms. The number of aliphatic hydroxyl groups is 1. The minimum Gasteiger partial charge on any atom is -0.427 e. The summed E-state index contributed by atoms with van der Waals surface area (Å²) >= 11 is 0. The van der Waals surface area contributed by atoms with Crippen molar-refractivity contribution in [1.29, 1.82) is 0 Å². The molecule has 0 saturated carbocycles. The molecule has 0 fully saturated rings. The molecule has 7 aromatic rings. The molecule has 0 aromatic heterocycles. The van der Waals surface area contributed by atoms with Gasteiger partial charge in [-0.25, -0.2) is 0 Å². The van der Waals surface area contributed by atoms with Crippen molar-refractivity contribution in [3.63, 3.8) is 0 Å². The highest BCUT2D eigenvalue weighted by Crippen LogP contribution is 2.63. The van der Waals surface area contributed by atoms with Crippen LogP contribution in [0.25, 0.3) is 33.4 Å². The second-order valence-electron chi connectivity index (χ2n) is 15.4. The van der Waals surface area contributed by atoms with Crippen molar-refractivity contribution in [1.82, 2.24) is 0 Å². The van der Waals surface area contributed by atoms with Crippen LogP contribution in [0, 0.1) is 0 Å². The minimum atomic E-state index is -0.993. The smallest absolute Gasteiger partial charge is 0.309 e. The van der Waals surface area contributed by atoms with Crippen LogP contribution in [-0.2, 0) is 10.1 Å². The van der Waals surface area contributed by atoms with Gasteiger partial charge in [-0.05, 0) is 120 Å². The Labute approximate surface area is 313 Å². The van der Waals surface area contributed by atoms with Crippen molar-refractivity contribution in [2.45, 2.75) is 44.3 Å². The number of hydrogen-bond acceptors (Lipinski definition) is 3. The SMILES string of the molecule is CC(C)(O)C(C)(C)OBc1ccc2c(c1)C1(c3ccccc3-2)c2ccccc2-c2ccc(N(c3ccccc3)c3ccc(-c4ccccc4)cc3)cc21. The first-order valence-corrected chi connectivity index (χ1v) is 18.5. The summed E-state index contributed by atoms with van der Waals surface area (Å²) in [5.74, 6) is 0. The van der Waals surface area contributed by atoms with Gasteiger partial charge in [0, 0.05) is 17.1 Å². The lowest BCUT2D eigenvalue weighted by Gasteiger charge is -2.37. The topological polar surface area (TPSA) is 32.7 Å². The van der Waals surface area contributed by atoms with Crippen LogP contribution in [0.1, 0.15) is 49.9 Å². The summed E-state index contributed by atoms with van der Waals surface area (Å²) in [6.07, 6.45) is 0. The normalized spacial score (nSPS) is 15.4. The lowest BCUT2D eigenvalue weighted by Crippen LogP contribution is -2.49. The summed E-state index contributed by atoms with van der Waals surface area (Å²) in [6.45, 7) is 7.52. The van der Waals surface area contributed by atoms with E-state index in [0.717, 1.165) is 22.5 Å². The van der Waals surface area contributed by atoms with Gasteiger partial charge in [0.25, 0.3) is 0 Å². The quantitative estimate of drug-likeness (QED) is 0.161. The Balaban J connectivity index is 1.24. The molecule has 258 valence electrons. The molecule has 0 radical (unpaired) electrons. The zero-order valence-corrected chi connectivity index (χ0v) is 30.7. The fraction of sp³-hybridized carbons (Fsp3) is 0.143. The van der Waals surface area contributed by atoms with Gasteiger partial charge in [0.05, 0.1) is 16.6 Å². The summed E-state index contributed by atoms with van der Waals surface area (Å²) < 4.78 is 6.44. The number of hydrogen-bond donors (Lipinski definition) is 1. The predicted octanol–water partition coefficient (Wildman–Crippen LogP) is 10.7. The van der Waals surface area contributed by atoms with E-state index in [4.69, 9.17) is 4.65 Å². The van der Waals surface area contributed by atoms with E-state index in [1.54, 1.807) is 0 Å². The van der Waals surface area contributed by atoms with Crippen LogP contribution in [0.3, 0.4) is 0 Å². The first-order chi connectivity index (χ1) is 25.7. The van der Waals surface area contributed by atoms with E-state index in [2.05, 4.69) is 175 Å². The van der Waals surface area contributed by atoms with Crippen LogP contribution in [0.5, 0.6) is 0 Å². The van der Waals surface area contributed by atoms with E-state index >= 15 is 0 Å². The fourth-order valence-corrected chi connectivity index (χ4v) is 8.30. The Bertz CT molecular complexity index is 2450. The third kappa shape index (κ3) is 5.28. The Morgan fingerprint density at radius 3 is 1.57 bits per heavy atom. The third-order valence-electron chi connectivity index (χ3n) is 11.7. The van der Waals surface area contributed by atoms with E-state index in [1.165, 1.54) is 55.6 Å². The molecule has 53 heavy (non-hydrogen) atoms. The summed E-state index contributed by atoms with van der Waals surface area (Å²) in [4.78, 5) is 2.37. The second kappa shape index (κ2) is 12.5. The zero-order valence-electron chi connectivity index (χ0n) is 30.7. The maximum Gasteiger partial charge on any atom is 0.309 e. The average molecular weight is 688 g/mol. The van der Waals surface area contributed by atoms with Gasteiger partial charge in [-0.3, -0.25) is 0 Å². The van der Waals surface area contributed by atoms with Crippen molar-refractivity contribution in [3.05, 3.63) is 192 Å². The Morgan fingerprint density at radius 2 is 0.943 bits per heavy atom. The van der Waals surface area contributed by atoms with Crippen LogP contribution in [0.15, 0.2) is 170 Å². The van der Waals surface area contributed by atoms with Gasteiger partial charge in [-0.2, -0.15) is 0 Å². The van der Waals surface area contributed by atoms with E-state index in [1.807, 2.05) is 27.7 Å².